The van der Waals surface area contributed by atoms with Crippen LogP contribution in [0.5, 0.6) is 0 Å². The highest BCUT2D eigenvalue weighted by Crippen LogP contribution is 2.73. The van der Waals surface area contributed by atoms with Crippen molar-refractivity contribution in [1.29, 1.82) is 0 Å². The van der Waals surface area contributed by atoms with Gasteiger partial charge in [-0.2, -0.15) is 0 Å². The molecule has 138 valence electrons. The summed E-state index contributed by atoms with van der Waals surface area (Å²) in [4.78, 5) is 25.5. The highest BCUT2D eigenvalue weighted by molar-refractivity contribution is 5.98. The van der Waals surface area contributed by atoms with Crippen LogP contribution in [0.3, 0.4) is 0 Å². The number of carbonyl (C=O) groups excluding carboxylic acids is 2. The molecule has 7 nitrogen and oxygen atoms in total. The largest absolute Gasteiger partial charge is 0.468 e. The first-order valence-corrected chi connectivity index (χ1v) is 9.19. The summed E-state index contributed by atoms with van der Waals surface area (Å²) in [6, 6.07) is 1.69. The van der Waals surface area contributed by atoms with E-state index in [1.54, 1.807) is 13.0 Å². The van der Waals surface area contributed by atoms with Crippen molar-refractivity contribution in [3.05, 3.63) is 23.7 Å². The van der Waals surface area contributed by atoms with Gasteiger partial charge in [0, 0.05) is 30.1 Å². The van der Waals surface area contributed by atoms with E-state index < -0.39 is 34.8 Å². The second kappa shape index (κ2) is 4.24. The number of esters is 1. The van der Waals surface area contributed by atoms with Crippen LogP contribution >= 0.6 is 0 Å². The van der Waals surface area contributed by atoms with Crippen molar-refractivity contribution < 1.29 is 33.7 Å². The highest BCUT2D eigenvalue weighted by atomic mass is 16.6. The third kappa shape index (κ3) is 1.33. The van der Waals surface area contributed by atoms with Crippen LogP contribution in [0, 0.1) is 22.7 Å². The lowest BCUT2D eigenvalue weighted by Crippen LogP contribution is -2.77. The minimum Gasteiger partial charge on any atom is -0.468 e. The van der Waals surface area contributed by atoms with E-state index in [-0.39, 0.29) is 43.0 Å². The van der Waals surface area contributed by atoms with Gasteiger partial charge >= 0.3 is 5.97 Å². The molecule has 5 fully saturated rings. The molecule has 0 radical (unpaired) electrons. The fourth-order valence-corrected chi connectivity index (χ4v) is 6.95. The molecule has 1 spiro atoms. The van der Waals surface area contributed by atoms with Gasteiger partial charge in [-0.1, -0.05) is 0 Å². The van der Waals surface area contributed by atoms with Crippen LogP contribution in [-0.4, -0.2) is 46.6 Å². The van der Waals surface area contributed by atoms with E-state index in [2.05, 4.69) is 0 Å². The van der Waals surface area contributed by atoms with Crippen molar-refractivity contribution in [1.82, 2.24) is 0 Å². The van der Waals surface area contributed by atoms with Crippen LogP contribution in [0.1, 0.15) is 48.2 Å². The van der Waals surface area contributed by atoms with Gasteiger partial charge in [0.15, 0.2) is 11.6 Å². The van der Waals surface area contributed by atoms with Gasteiger partial charge in [0.2, 0.25) is 0 Å². The molecule has 0 amide bonds. The number of fused-ring (bicyclic) bond motifs is 5. The Kier molecular flexibility index (Phi) is 2.50. The van der Waals surface area contributed by atoms with Crippen molar-refractivity contribution >= 4 is 11.8 Å². The highest BCUT2D eigenvalue weighted by Gasteiger charge is 2.82. The third-order valence-corrected chi connectivity index (χ3v) is 8.12. The Balaban J connectivity index is 1.59. The number of aliphatic hydroxyl groups excluding tert-OH is 1. The standard InChI is InChI=1S/C19H20O7/c1-17-15-12(26-16(17)22)4-9-10(5-11(20)8-2-3-24-14(8)9)18(15)7-25-19(17,23)6-13(18)21/h2-3,9-10,12-13,15,21,23H,4-7H2,1H3/t9-,10-,12-,13+,15+,17+,18-,19?/m1/s1. The molecule has 1 unspecified atom stereocenters. The molecule has 26 heavy (non-hydrogen) atoms. The first-order valence-electron chi connectivity index (χ1n) is 9.19. The zero-order valence-corrected chi connectivity index (χ0v) is 14.3. The van der Waals surface area contributed by atoms with Gasteiger partial charge < -0.3 is 24.1 Å². The van der Waals surface area contributed by atoms with Crippen LogP contribution in [0.4, 0.5) is 0 Å². The number of aliphatic hydroxyl groups is 2. The van der Waals surface area contributed by atoms with Gasteiger partial charge in [0.25, 0.3) is 0 Å². The summed E-state index contributed by atoms with van der Waals surface area (Å²) in [5.74, 6) is -2.28. The minimum absolute atomic E-state index is 0.00613. The van der Waals surface area contributed by atoms with Gasteiger partial charge in [-0.25, -0.2) is 0 Å². The smallest absolute Gasteiger partial charge is 0.318 e. The third-order valence-electron chi connectivity index (χ3n) is 8.12. The lowest BCUT2D eigenvalue weighted by Gasteiger charge is -2.67. The normalized spacial score (nSPS) is 53.7. The van der Waals surface area contributed by atoms with Gasteiger partial charge in [-0.05, 0) is 25.3 Å². The van der Waals surface area contributed by atoms with Crippen LogP contribution in [0.15, 0.2) is 16.7 Å². The summed E-state index contributed by atoms with van der Waals surface area (Å²) in [6.45, 7) is 1.80. The zero-order valence-electron chi connectivity index (χ0n) is 14.3. The number of hydrogen-bond donors (Lipinski definition) is 2. The molecule has 7 rings (SSSR count). The molecule has 7 heteroatoms. The number of ether oxygens (including phenoxy) is 2. The Bertz CT molecular complexity index is 860. The van der Waals surface area contributed by atoms with Crippen molar-refractivity contribution in [3.8, 4) is 0 Å². The number of furan rings is 1. The topological polar surface area (TPSA) is 106 Å². The molecule has 8 atom stereocenters. The van der Waals surface area contributed by atoms with Crippen molar-refractivity contribution in [2.45, 2.75) is 50.1 Å². The average Bonchev–Trinajstić information content (AvgIpc) is 3.17. The summed E-state index contributed by atoms with van der Waals surface area (Å²) in [6.07, 6.45) is 0.995. The summed E-state index contributed by atoms with van der Waals surface area (Å²) < 4.78 is 17.2. The summed E-state index contributed by atoms with van der Waals surface area (Å²) in [7, 11) is 0. The number of rotatable bonds is 0. The fraction of sp³-hybridized carbons (Fsp3) is 0.684. The Morgan fingerprint density at radius 1 is 1.31 bits per heavy atom. The summed E-state index contributed by atoms with van der Waals surface area (Å²) in [5.41, 5.74) is -1.45. The van der Waals surface area contributed by atoms with E-state index in [0.717, 1.165) is 0 Å². The maximum atomic E-state index is 12.8. The molecule has 2 saturated carbocycles. The van der Waals surface area contributed by atoms with Crippen molar-refractivity contribution in [2.24, 2.45) is 22.7 Å². The van der Waals surface area contributed by atoms with Gasteiger partial charge in [0.1, 0.15) is 17.3 Å². The summed E-state index contributed by atoms with van der Waals surface area (Å²) in [5, 5.41) is 22.1. The molecule has 6 aliphatic rings. The zero-order chi connectivity index (χ0) is 18.1. The first-order chi connectivity index (χ1) is 12.3. The Hall–Kier alpha value is -1.70. The lowest BCUT2D eigenvalue weighted by atomic mass is 9.40. The Morgan fingerprint density at radius 3 is 2.88 bits per heavy atom. The van der Waals surface area contributed by atoms with E-state index in [9.17, 15) is 19.8 Å². The maximum absolute atomic E-state index is 12.8. The molecule has 2 N–H and O–H groups in total. The molecular weight excluding hydrogens is 340 g/mol. The van der Waals surface area contributed by atoms with Crippen molar-refractivity contribution in [3.63, 3.8) is 0 Å². The molecule has 1 aromatic heterocycles. The number of carbonyl (C=O) groups is 2. The predicted molar refractivity (Wildman–Crippen MR) is 83.9 cm³/mol. The molecule has 0 aromatic carbocycles. The SMILES string of the molecule is C[C@]12C(=O)O[C@@H]3C[C@H]4c5occc5C(=O)C[C@H]4[C@@]4(COC1(O)C[C@@H]4O)[C@@H]32. The maximum Gasteiger partial charge on any atom is 0.318 e. The molecule has 3 saturated heterocycles. The number of ketones is 1. The lowest BCUT2D eigenvalue weighted by molar-refractivity contribution is -0.398. The number of Topliss-reactive ketones (excluding diaryl/α,β-unsaturated/α-hetero) is 1. The fourth-order valence-electron chi connectivity index (χ4n) is 6.95. The summed E-state index contributed by atoms with van der Waals surface area (Å²) >= 11 is 0. The van der Waals surface area contributed by atoms with Crippen LogP contribution in [0.25, 0.3) is 0 Å². The molecule has 1 aromatic rings. The van der Waals surface area contributed by atoms with E-state index in [0.29, 0.717) is 17.7 Å². The molecule has 3 aliphatic heterocycles. The van der Waals surface area contributed by atoms with Gasteiger partial charge in [-0.15, -0.1) is 0 Å². The average molecular weight is 360 g/mol. The number of hydrogen-bond acceptors (Lipinski definition) is 7. The second-order valence-corrected chi connectivity index (χ2v) is 8.80. The van der Waals surface area contributed by atoms with Crippen LogP contribution in [-0.2, 0) is 14.3 Å². The van der Waals surface area contributed by atoms with Crippen LogP contribution < -0.4 is 0 Å². The monoisotopic (exact) mass is 360 g/mol. The van der Waals surface area contributed by atoms with E-state index >= 15 is 0 Å². The van der Waals surface area contributed by atoms with Gasteiger partial charge in [0.05, 0.1) is 24.5 Å². The Morgan fingerprint density at radius 2 is 2.12 bits per heavy atom. The quantitative estimate of drug-likeness (QED) is 0.665. The van der Waals surface area contributed by atoms with E-state index in [1.165, 1.54) is 6.26 Å². The first kappa shape index (κ1) is 15.4. The molecule has 4 heterocycles. The van der Waals surface area contributed by atoms with Gasteiger partial charge in [-0.3, -0.25) is 9.59 Å². The van der Waals surface area contributed by atoms with Crippen molar-refractivity contribution in [2.75, 3.05) is 6.61 Å². The molecular formula is C19H20O7. The van der Waals surface area contributed by atoms with E-state index in [1.807, 2.05) is 0 Å². The molecule has 2 bridgehead atoms. The predicted octanol–water partition coefficient (Wildman–Crippen LogP) is 0.987. The Labute approximate surface area is 149 Å². The second-order valence-electron chi connectivity index (χ2n) is 8.80. The van der Waals surface area contributed by atoms with E-state index in [4.69, 9.17) is 13.9 Å². The molecule has 3 aliphatic carbocycles. The minimum atomic E-state index is -1.73. The van der Waals surface area contributed by atoms with Crippen LogP contribution in [0.2, 0.25) is 0 Å².